The van der Waals surface area contributed by atoms with Crippen LogP contribution in [0.5, 0.6) is 5.75 Å². The molecule has 1 aromatic carbocycles. The van der Waals surface area contributed by atoms with E-state index in [9.17, 15) is 5.11 Å². The number of nitrogens with one attached hydrogen (secondary N) is 1. The molecule has 0 atom stereocenters. The van der Waals surface area contributed by atoms with E-state index in [4.69, 9.17) is 0 Å². The summed E-state index contributed by atoms with van der Waals surface area (Å²) in [5.41, 5.74) is 1.98. The van der Waals surface area contributed by atoms with E-state index in [2.05, 4.69) is 24.3 Å². The fraction of sp³-hybridized carbons (Fsp3) is 0.357. The van der Waals surface area contributed by atoms with Gasteiger partial charge in [0.25, 0.3) is 0 Å². The van der Waals surface area contributed by atoms with Gasteiger partial charge in [0.15, 0.2) is 5.82 Å². The van der Waals surface area contributed by atoms with Crippen molar-refractivity contribution in [3.8, 4) is 5.75 Å². The number of phenolic OH excluding ortho intramolecular Hbond substituents is 1. The molecule has 0 aliphatic rings. The molecular formula is C14H20ClN3O. The van der Waals surface area contributed by atoms with Gasteiger partial charge in [0.05, 0.1) is 0 Å². The SMILES string of the molecule is Cc1cn(C(C)C)nc1NCc1ccccc1O.Cl. The molecule has 0 aliphatic heterocycles. The maximum absolute atomic E-state index is 9.69. The summed E-state index contributed by atoms with van der Waals surface area (Å²) in [5.74, 6) is 1.18. The molecule has 0 aliphatic carbocycles. The Kier molecular flexibility index (Phi) is 5.24. The van der Waals surface area contributed by atoms with E-state index in [0.29, 0.717) is 18.3 Å². The van der Waals surface area contributed by atoms with Crippen molar-refractivity contribution in [1.82, 2.24) is 9.78 Å². The van der Waals surface area contributed by atoms with Crippen LogP contribution in [0, 0.1) is 6.92 Å². The van der Waals surface area contributed by atoms with Crippen molar-refractivity contribution in [2.75, 3.05) is 5.32 Å². The number of aromatic nitrogens is 2. The van der Waals surface area contributed by atoms with Crippen molar-refractivity contribution >= 4 is 18.2 Å². The first-order valence-electron chi connectivity index (χ1n) is 6.14. The monoisotopic (exact) mass is 281 g/mol. The number of phenols is 1. The maximum Gasteiger partial charge on any atom is 0.151 e. The second kappa shape index (κ2) is 6.48. The van der Waals surface area contributed by atoms with Crippen LogP contribution in [0.15, 0.2) is 30.5 Å². The highest BCUT2D eigenvalue weighted by Crippen LogP contribution is 2.19. The third kappa shape index (κ3) is 3.64. The molecule has 5 heteroatoms. The van der Waals surface area contributed by atoms with Crippen LogP contribution in [0.4, 0.5) is 5.82 Å². The third-order valence-electron chi connectivity index (χ3n) is 2.88. The van der Waals surface area contributed by atoms with E-state index in [0.717, 1.165) is 16.9 Å². The Morgan fingerprint density at radius 2 is 2.00 bits per heavy atom. The lowest BCUT2D eigenvalue weighted by atomic mass is 10.2. The minimum atomic E-state index is 0. The molecule has 104 valence electrons. The molecule has 2 rings (SSSR count). The number of hydrogen-bond acceptors (Lipinski definition) is 3. The Bertz CT molecular complexity index is 537. The van der Waals surface area contributed by atoms with Crippen LogP contribution in [0.2, 0.25) is 0 Å². The van der Waals surface area contributed by atoms with Crippen molar-refractivity contribution in [3.63, 3.8) is 0 Å². The van der Waals surface area contributed by atoms with Crippen molar-refractivity contribution < 1.29 is 5.11 Å². The Balaban J connectivity index is 0.00000180. The van der Waals surface area contributed by atoms with E-state index >= 15 is 0 Å². The van der Waals surface area contributed by atoms with Gasteiger partial charge < -0.3 is 10.4 Å². The second-order valence-electron chi connectivity index (χ2n) is 4.72. The summed E-state index contributed by atoms with van der Waals surface area (Å²) in [4.78, 5) is 0. The molecule has 0 saturated heterocycles. The normalized spacial score (nSPS) is 10.3. The van der Waals surface area contributed by atoms with E-state index in [1.54, 1.807) is 6.07 Å². The van der Waals surface area contributed by atoms with Gasteiger partial charge in [-0.05, 0) is 26.8 Å². The number of para-hydroxylation sites is 1. The molecule has 0 unspecified atom stereocenters. The highest BCUT2D eigenvalue weighted by Gasteiger charge is 2.07. The van der Waals surface area contributed by atoms with Crippen molar-refractivity contribution in [2.24, 2.45) is 0 Å². The first-order chi connectivity index (χ1) is 8.58. The Morgan fingerprint density at radius 1 is 1.32 bits per heavy atom. The summed E-state index contributed by atoms with van der Waals surface area (Å²) < 4.78 is 1.93. The lowest BCUT2D eigenvalue weighted by Gasteiger charge is -2.07. The molecule has 0 bridgehead atoms. The van der Waals surface area contributed by atoms with Gasteiger partial charge in [-0.15, -0.1) is 12.4 Å². The third-order valence-corrected chi connectivity index (χ3v) is 2.88. The van der Waals surface area contributed by atoms with E-state index < -0.39 is 0 Å². The number of anilines is 1. The van der Waals surface area contributed by atoms with E-state index in [1.807, 2.05) is 36.0 Å². The number of rotatable bonds is 4. The van der Waals surface area contributed by atoms with Crippen LogP contribution in [-0.4, -0.2) is 14.9 Å². The van der Waals surface area contributed by atoms with Gasteiger partial charge in [-0.25, -0.2) is 0 Å². The van der Waals surface area contributed by atoms with Crippen LogP contribution < -0.4 is 5.32 Å². The standard InChI is InChI=1S/C14H19N3O.ClH/c1-10(2)17-9-11(3)14(16-17)15-8-12-6-4-5-7-13(12)18;/h4-7,9-10,18H,8H2,1-3H3,(H,15,16);1H. The first kappa shape index (κ1) is 15.4. The van der Waals surface area contributed by atoms with Crippen molar-refractivity contribution in [1.29, 1.82) is 0 Å². The average molecular weight is 282 g/mol. The minimum absolute atomic E-state index is 0. The topological polar surface area (TPSA) is 50.1 Å². The van der Waals surface area contributed by atoms with Crippen LogP contribution in [0.25, 0.3) is 0 Å². The highest BCUT2D eigenvalue weighted by molar-refractivity contribution is 5.85. The number of benzene rings is 1. The van der Waals surface area contributed by atoms with Gasteiger partial charge in [0, 0.05) is 29.9 Å². The van der Waals surface area contributed by atoms with E-state index in [-0.39, 0.29) is 12.4 Å². The molecule has 0 radical (unpaired) electrons. The van der Waals surface area contributed by atoms with Gasteiger partial charge in [0.1, 0.15) is 5.75 Å². The maximum atomic E-state index is 9.69. The lowest BCUT2D eigenvalue weighted by molar-refractivity contribution is 0.469. The molecule has 1 heterocycles. The molecule has 0 spiro atoms. The molecule has 2 aromatic rings. The summed E-state index contributed by atoms with van der Waals surface area (Å²) in [6.45, 7) is 6.79. The molecule has 0 amide bonds. The second-order valence-corrected chi connectivity index (χ2v) is 4.72. The van der Waals surface area contributed by atoms with Crippen molar-refractivity contribution in [2.45, 2.75) is 33.4 Å². The average Bonchev–Trinajstić information content (AvgIpc) is 2.70. The first-order valence-corrected chi connectivity index (χ1v) is 6.14. The number of aromatic hydroxyl groups is 1. The van der Waals surface area contributed by atoms with Crippen molar-refractivity contribution in [3.05, 3.63) is 41.6 Å². The summed E-state index contributed by atoms with van der Waals surface area (Å²) >= 11 is 0. The van der Waals surface area contributed by atoms with Gasteiger partial charge in [-0.1, -0.05) is 18.2 Å². The zero-order valence-corrected chi connectivity index (χ0v) is 12.2. The summed E-state index contributed by atoms with van der Waals surface area (Å²) in [7, 11) is 0. The molecule has 0 saturated carbocycles. The fourth-order valence-electron chi connectivity index (χ4n) is 1.76. The van der Waals surface area contributed by atoms with Gasteiger partial charge in [-0.3, -0.25) is 4.68 Å². The number of hydrogen-bond donors (Lipinski definition) is 2. The zero-order valence-electron chi connectivity index (χ0n) is 11.4. The summed E-state index contributed by atoms with van der Waals surface area (Å²) in [6.07, 6.45) is 2.03. The largest absolute Gasteiger partial charge is 0.508 e. The molecule has 0 fully saturated rings. The lowest BCUT2D eigenvalue weighted by Crippen LogP contribution is -2.04. The predicted molar refractivity (Wildman–Crippen MR) is 80.0 cm³/mol. The van der Waals surface area contributed by atoms with Gasteiger partial charge in [-0.2, -0.15) is 5.10 Å². The quantitative estimate of drug-likeness (QED) is 0.902. The number of aryl methyl sites for hydroxylation is 1. The van der Waals surface area contributed by atoms with Crippen LogP contribution in [-0.2, 0) is 6.54 Å². The van der Waals surface area contributed by atoms with Gasteiger partial charge in [0.2, 0.25) is 0 Å². The Hall–Kier alpha value is -1.68. The summed E-state index contributed by atoms with van der Waals surface area (Å²) in [5, 5.41) is 17.4. The Labute approximate surface area is 119 Å². The minimum Gasteiger partial charge on any atom is -0.508 e. The number of halogens is 1. The molecule has 1 aromatic heterocycles. The predicted octanol–water partition coefficient (Wildman–Crippen LogP) is 3.51. The summed E-state index contributed by atoms with van der Waals surface area (Å²) in [6, 6.07) is 7.67. The molecular weight excluding hydrogens is 262 g/mol. The van der Waals surface area contributed by atoms with Gasteiger partial charge >= 0.3 is 0 Å². The molecule has 2 N–H and O–H groups in total. The number of nitrogens with zero attached hydrogens (tertiary/aromatic N) is 2. The Morgan fingerprint density at radius 3 is 2.58 bits per heavy atom. The fourth-order valence-corrected chi connectivity index (χ4v) is 1.76. The molecule has 19 heavy (non-hydrogen) atoms. The molecule has 4 nitrogen and oxygen atoms in total. The smallest absolute Gasteiger partial charge is 0.151 e. The zero-order chi connectivity index (χ0) is 13.1. The van der Waals surface area contributed by atoms with Crippen LogP contribution >= 0.6 is 12.4 Å². The van der Waals surface area contributed by atoms with E-state index in [1.165, 1.54) is 0 Å². The highest BCUT2D eigenvalue weighted by atomic mass is 35.5. The van der Waals surface area contributed by atoms with Crippen LogP contribution in [0.3, 0.4) is 0 Å². The van der Waals surface area contributed by atoms with Crippen LogP contribution in [0.1, 0.15) is 31.0 Å².